The van der Waals surface area contributed by atoms with Crippen LogP contribution in [-0.2, 0) is 6.42 Å². The van der Waals surface area contributed by atoms with Crippen LogP contribution in [0.3, 0.4) is 0 Å². The summed E-state index contributed by atoms with van der Waals surface area (Å²) in [5.41, 5.74) is 6.33. The highest BCUT2D eigenvalue weighted by Gasteiger charge is 2.26. The molecule has 1 N–H and O–H groups in total. The second kappa shape index (κ2) is 7.58. The van der Waals surface area contributed by atoms with E-state index in [9.17, 15) is 0 Å². The van der Waals surface area contributed by atoms with E-state index in [0.29, 0.717) is 5.92 Å². The Morgan fingerprint density at radius 3 is 2.15 bits per heavy atom. The van der Waals surface area contributed by atoms with E-state index in [-0.39, 0.29) is 6.04 Å². The third-order valence-corrected chi connectivity index (χ3v) is 5.25. The summed E-state index contributed by atoms with van der Waals surface area (Å²) >= 11 is 0. The molecule has 1 aliphatic rings. The Morgan fingerprint density at radius 2 is 1.54 bits per heavy atom. The van der Waals surface area contributed by atoms with Gasteiger partial charge >= 0.3 is 0 Å². The van der Waals surface area contributed by atoms with Crippen molar-refractivity contribution >= 4 is 0 Å². The van der Waals surface area contributed by atoms with E-state index < -0.39 is 0 Å². The van der Waals surface area contributed by atoms with E-state index >= 15 is 0 Å². The minimum atomic E-state index is 0.141. The van der Waals surface area contributed by atoms with E-state index in [4.69, 9.17) is 14.2 Å². The minimum Gasteiger partial charge on any atom is -0.496 e. The highest BCUT2D eigenvalue weighted by Crippen LogP contribution is 2.40. The van der Waals surface area contributed by atoms with Crippen molar-refractivity contribution in [1.29, 1.82) is 0 Å². The molecule has 26 heavy (non-hydrogen) atoms. The van der Waals surface area contributed by atoms with E-state index in [0.717, 1.165) is 30.2 Å². The van der Waals surface area contributed by atoms with Crippen LogP contribution in [0.15, 0.2) is 24.3 Å². The van der Waals surface area contributed by atoms with E-state index in [1.165, 1.54) is 27.8 Å². The van der Waals surface area contributed by atoms with Crippen LogP contribution in [0.5, 0.6) is 17.2 Å². The van der Waals surface area contributed by atoms with Gasteiger partial charge in [-0.05, 0) is 71.3 Å². The summed E-state index contributed by atoms with van der Waals surface area (Å²) in [6, 6.07) is 8.82. The average Bonchev–Trinajstić information content (AvgIpc) is 2.65. The number of ether oxygens (including phenoxy) is 3. The summed E-state index contributed by atoms with van der Waals surface area (Å²) in [7, 11) is 5.11. The number of hydrogen-bond acceptors (Lipinski definition) is 4. The van der Waals surface area contributed by atoms with Crippen molar-refractivity contribution < 1.29 is 14.2 Å². The Kier molecular flexibility index (Phi) is 5.42. The maximum atomic E-state index is 5.61. The second-order valence-corrected chi connectivity index (χ2v) is 7.15. The smallest absolute Gasteiger partial charge is 0.161 e. The van der Waals surface area contributed by atoms with Crippen LogP contribution < -0.4 is 19.5 Å². The van der Waals surface area contributed by atoms with Crippen molar-refractivity contribution in [2.45, 2.75) is 39.2 Å². The average molecular weight is 355 g/mol. The number of fused-ring (bicyclic) bond motifs is 1. The van der Waals surface area contributed by atoms with E-state index in [1.807, 2.05) is 0 Å². The molecular formula is C22H29NO3. The van der Waals surface area contributed by atoms with Gasteiger partial charge in [-0.25, -0.2) is 0 Å². The fourth-order valence-corrected chi connectivity index (χ4v) is 3.82. The van der Waals surface area contributed by atoms with Gasteiger partial charge in [0, 0.05) is 6.54 Å². The molecule has 4 heteroatoms. The first-order valence-corrected chi connectivity index (χ1v) is 9.16. The molecule has 2 aromatic carbocycles. The molecule has 0 spiro atoms. The van der Waals surface area contributed by atoms with Gasteiger partial charge in [-0.1, -0.05) is 13.8 Å². The maximum Gasteiger partial charge on any atom is 0.161 e. The summed E-state index contributed by atoms with van der Waals surface area (Å²) < 4.78 is 16.6. The predicted molar refractivity (Wildman–Crippen MR) is 105 cm³/mol. The first kappa shape index (κ1) is 18.6. The predicted octanol–water partition coefficient (Wildman–Crippen LogP) is 4.38. The van der Waals surface area contributed by atoms with Crippen molar-refractivity contribution in [3.63, 3.8) is 0 Å². The Morgan fingerprint density at radius 1 is 0.885 bits per heavy atom. The van der Waals surface area contributed by atoms with Crippen molar-refractivity contribution in [2.75, 3.05) is 27.9 Å². The summed E-state index contributed by atoms with van der Waals surface area (Å²) in [6.07, 6.45) is 0.985. The Hall–Kier alpha value is -2.20. The van der Waals surface area contributed by atoms with Crippen LogP contribution in [0.1, 0.15) is 53.6 Å². The molecule has 0 aliphatic carbocycles. The molecule has 2 aromatic rings. The molecular weight excluding hydrogens is 326 g/mol. The lowest BCUT2D eigenvalue weighted by atomic mass is 9.85. The Labute approximate surface area is 156 Å². The molecule has 1 heterocycles. The monoisotopic (exact) mass is 355 g/mol. The van der Waals surface area contributed by atoms with Crippen molar-refractivity contribution in [3.05, 3.63) is 52.1 Å². The first-order valence-electron chi connectivity index (χ1n) is 9.16. The SMILES string of the molecule is COc1cc2c(cc1OC)C(c1cc(C(C)C)c(OC)cc1C)NCC2. The molecule has 0 saturated heterocycles. The van der Waals surface area contributed by atoms with Crippen LogP contribution in [0.25, 0.3) is 0 Å². The number of benzene rings is 2. The lowest BCUT2D eigenvalue weighted by Crippen LogP contribution is -2.31. The normalized spacial score (nSPS) is 16.3. The number of rotatable bonds is 5. The molecule has 0 amide bonds. The highest BCUT2D eigenvalue weighted by atomic mass is 16.5. The fraction of sp³-hybridized carbons (Fsp3) is 0.455. The number of hydrogen-bond donors (Lipinski definition) is 1. The lowest BCUT2D eigenvalue weighted by molar-refractivity contribution is 0.353. The summed E-state index contributed by atoms with van der Waals surface area (Å²) in [5.74, 6) is 2.93. The van der Waals surface area contributed by atoms with Crippen LogP contribution in [0.4, 0.5) is 0 Å². The molecule has 0 aromatic heterocycles. The van der Waals surface area contributed by atoms with Crippen LogP contribution in [0.2, 0.25) is 0 Å². The van der Waals surface area contributed by atoms with Gasteiger partial charge in [-0.3, -0.25) is 0 Å². The third kappa shape index (κ3) is 3.26. The summed E-state index contributed by atoms with van der Waals surface area (Å²) in [5, 5.41) is 3.69. The molecule has 140 valence electrons. The van der Waals surface area contributed by atoms with Gasteiger partial charge in [-0.2, -0.15) is 0 Å². The fourth-order valence-electron chi connectivity index (χ4n) is 3.82. The standard InChI is InChI=1S/C22H29NO3/c1-13(2)16-11-17(14(3)9-19(16)24-4)22-18-12-21(26-6)20(25-5)10-15(18)7-8-23-22/h9-13,22-23H,7-8H2,1-6H3. The van der Waals surface area contributed by atoms with Crippen molar-refractivity contribution in [3.8, 4) is 17.2 Å². The van der Waals surface area contributed by atoms with Gasteiger partial charge < -0.3 is 19.5 Å². The van der Waals surface area contributed by atoms with Crippen molar-refractivity contribution in [2.24, 2.45) is 0 Å². The van der Waals surface area contributed by atoms with Gasteiger partial charge in [0.1, 0.15) is 5.75 Å². The van der Waals surface area contributed by atoms with Gasteiger partial charge in [0.2, 0.25) is 0 Å². The highest BCUT2D eigenvalue weighted by molar-refractivity contribution is 5.54. The zero-order valence-corrected chi connectivity index (χ0v) is 16.6. The first-order chi connectivity index (χ1) is 12.5. The molecule has 1 atom stereocenters. The van der Waals surface area contributed by atoms with Gasteiger partial charge in [-0.15, -0.1) is 0 Å². The maximum absolute atomic E-state index is 5.61. The minimum absolute atomic E-state index is 0.141. The van der Waals surface area contributed by atoms with Gasteiger partial charge in [0.15, 0.2) is 11.5 Å². The molecule has 4 nitrogen and oxygen atoms in total. The quantitative estimate of drug-likeness (QED) is 0.864. The summed E-state index contributed by atoms with van der Waals surface area (Å²) in [6.45, 7) is 7.49. The Balaban J connectivity index is 2.14. The van der Waals surface area contributed by atoms with E-state index in [2.05, 4.69) is 50.4 Å². The van der Waals surface area contributed by atoms with E-state index in [1.54, 1.807) is 21.3 Å². The van der Waals surface area contributed by atoms with Gasteiger partial charge in [0.25, 0.3) is 0 Å². The van der Waals surface area contributed by atoms with Crippen LogP contribution in [-0.4, -0.2) is 27.9 Å². The zero-order chi connectivity index (χ0) is 18.8. The number of methoxy groups -OCH3 is 3. The third-order valence-electron chi connectivity index (χ3n) is 5.25. The Bertz CT molecular complexity index is 798. The molecule has 1 unspecified atom stereocenters. The van der Waals surface area contributed by atoms with Gasteiger partial charge in [0.05, 0.1) is 27.4 Å². The molecule has 3 rings (SSSR count). The lowest BCUT2D eigenvalue weighted by Gasteiger charge is -2.30. The van der Waals surface area contributed by atoms with Crippen LogP contribution in [0, 0.1) is 6.92 Å². The second-order valence-electron chi connectivity index (χ2n) is 7.15. The molecule has 0 bridgehead atoms. The molecule has 0 radical (unpaired) electrons. The number of nitrogens with one attached hydrogen (secondary N) is 1. The molecule has 0 fully saturated rings. The van der Waals surface area contributed by atoms with Crippen LogP contribution >= 0.6 is 0 Å². The molecule has 1 aliphatic heterocycles. The van der Waals surface area contributed by atoms with Crippen molar-refractivity contribution in [1.82, 2.24) is 5.32 Å². The summed E-state index contributed by atoms with van der Waals surface area (Å²) in [4.78, 5) is 0. The topological polar surface area (TPSA) is 39.7 Å². The largest absolute Gasteiger partial charge is 0.496 e. The zero-order valence-electron chi connectivity index (χ0n) is 16.6. The number of aryl methyl sites for hydroxylation is 1. The molecule has 0 saturated carbocycles.